The van der Waals surface area contributed by atoms with Crippen molar-refractivity contribution < 1.29 is 22.8 Å². The summed E-state index contributed by atoms with van der Waals surface area (Å²) < 4.78 is 37.5. The van der Waals surface area contributed by atoms with E-state index >= 15 is 0 Å². The first-order chi connectivity index (χ1) is 15.8. The fraction of sp³-hybridized carbons (Fsp3) is 0.238. The van der Waals surface area contributed by atoms with Crippen molar-refractivity contribution in [3.05, 3.63) is 65.0 Å². The molecule has 12 heteroatoms. The van der Waals surface area contributed by atoms with Gasteiger partial charge in [-0.3, -0.25) is 10.1 Å². The summed E-state index contributed by atoms with van der Waals surface area (Å²) in [6.07, 6.45) is 1.12. The van der Waals surface area contributed by atoms with E-state index in [1.165, 1.54) is 35.7 Å². The fourth-order valence-electron chi connectivity index (χ4n) is 3.06. The number of ether oxygens (including phenoxy) is 2. The highest BCUT2D eigenvalue weighted by atomic mass is 32.2. The van der Waals surface area contributed by atoms with Gasteiger partial charge in [-0.1, -0.05) is 26.0 Å². The van der Waals surface area contributed by atoms with E-state index in [1.54, 1.807) is 38.1 Å². The number of benzene rings is 2. The van der Waals surface area contributed by atoms with Gasteiger partial charge in [0.15, 0.2) is 11.5 Å². The number of nitrogens with zero attached hydrogens (tertiary/aromatic N) is 4. The van der Waals surface area contributed by atoms with Gasteiger partial charge in [-0.25, -0.2) is 13.4 Å². The molecule has 0 spiro atoms. The highest BCUT2D eigenvalue weighted by molar-refractivity contribution is 7.89. The molecule has 1 aromatic heterocycles. The number of hydrogen-bond acceptors (Lipinski definition) is 9. The molecule has 174 valence electrons. The first kappa shape index (κ1) is 23.9. The Kier molecular flexibility index (Phi) is 7.41. The van der Waals surface area contributed by atoms with Crippen molar-refractivity contribution in [1.82, 2.24) is 14.3 Å². The lowest BCUT2D eigenvalue weighted by Gasteiger charge is -2.18. The summed E-state index contributed by atoms with van der Waals surface area (Å²) in [5, 5.41) is 14.6. The van der Waals surface area contributed by atoms with Crippen molar-refractivity contribution >= 4 is 27.2 Å². The number of hydrogen-bond donors (Lipinski definition) is 1. The predicted molar refractivity (Wildman–Crippen MR) is 122 cm³/mol. The molecule has 33 heavy (non-hydrogen) atoms. The zero-order chi connectivity index (χ0) is 24.0. The van der Waals surface area contributed by atoms with E-state index in [2.05, 4.69) is 15.3 Å². The number of sulfonamides is 1. The zero-order valence-corrected chi connectivity index (χ0v) is 19.1. The van der Waals surface area contributed by atoms with Gasteiger partial charge in [-0.05, 0) is 36.4 Å². The Morgan fingerprint density at radius 2 is 1.67 bits per heavy atom. The highest BCUT2D eigenvalue weighted by Crippen LogP contribution is 2.38. The molecular weight excluding hydrogens is 450 g/mol. The van der Waals surface area contributed by atoms with Crippen LogP contribution < -0.4 is 14.8 Å². The van der Waals surface area contributed by atoms with E-state index in [9.17, 15) is 18.5 Å². The molecule has 0 atom stereocenters. The molecule has 0 saturated carbocycles. The topological polar surface area (TPSA) is 137 Å². The first-order valence-electron chi connectivity index (χ1n) is 9.99. The van der Waals surface area contributed by atoms with E-state index in [4.69, 9.17) is 9.47 Å². The molecule has 3 rings (SSSR count). The largest absolute Gasteiger partial charge is 0.493 e. The smallest absolute Gasteiger partial charge is 0.373 e. The van der Waals surface area contributed by atoms with Crippen LogP contribution in [0.4, 0.5) is 17.2 Å². The Labute approximate surface area is 191 Å². The summed E-state index contributed by atoms with van der Waals surface area (Å²) >= 11 is 0. The van der Waals surface area contributed by atoms with Crippen LogP contribution in [0, 0.1) is 10.1 Å². The molecule has 0 aliphatic heterocycles. The van der Waals surface area contributed by atoms with Gasteiger partial charge in [-0.2, -0.15) is 9.29 Å². The number of nitro groups is 1. The predicted octanol–water partition coefficient (Wildman–Crippen LogP) is 3.96. The van der Waals surface area contributed by atoms with Gasteiger partial charge in [0, 0.05) is 18.8 Å². The minimum absolute atomic E-state index is 0.112. The lowest BCUT2D eigenvalue weighted by molar-refractivity contribution is -0.385. The summed E-state index contributed by atoms with van der Waals surface area (Å²) in [5.74, 6) is 0.241. The Balaban J connectivity index is 1.91. The van der Waals surface area contributed by atoms with Crippen LogP contribution >= 0.6 is 0 Å². The van der Waals surface area contributed by atoms with Crippen LogP contribution in [0.2, 0.25) is 0 Å². The number of aromatic nitrogens is 2. The molecule has 0 fully saturated rings. The molecule has 0 aliphatic rings. The molecule has 0 aliphatic carbocycles. The number of anilines is 2. The first-order valence-corrected chi connectivity index (χ1v) is 11.4. The van der Waals surface area contributed by atoms with Gasteiger partial charge >= 0.3 is 11.6 Å². The van der Waals surface area contributed by atoms with Crippen LogP contribution in [0.25, 0.3) is 0 Å². The number of para-hydroxylation sites is 2. The normalized spacial score (nSPS) is 11.3. The van der Waals surface area contributed by atoms with Crippen LogP contribution in [-0.4, -0.2) is 47.8 Å². The molecule has 0 bridgehead atoms. The zero-order valence-electron chi connectivity index (χ0n) is 18.3. The minimum atomic E-state index is -3.62. The van der Waals surface area contributed by atoms with Crippen LogP contribution in [0.1, 0.15) is 13.8 Å². The van der Waals surface area contributed by atoms with Crippen molar-refractivity contribution in [2.24, 2.45) is 0 Å². The quantitative estimate of drug-likeness (QED) is 0.342. The van der Waals surface area contributed by atoms with Gasteiger partial charge in [0.25, 0.3) is 0 Å². The molecule has 3 aromatic rings. The molecule has 11 nitrogen and oxygen atoms in total. The Hall–Kier alpha value is -3.77. The summed E-state index contributed by atoms with van der Waals surface area (Å²) in [4.78, 5) is 19.1. The fourth-order valence-corrected chi connectivity index (χ4v) is 4.52. The van der Waals surface area contributed by atoms with Gasteiger partial charge in [0.1, 0.15) is 6.33 Å². The minimum Gasteiger partial charge on any atom is -0.493 e. The molecule has 0 radical (unpaired) electrons. The van der Waals surface area contributed by atoms with Crippen molar-refractivity contribution in [1.29, 1.82) is 0 Å². The summed E-state index contributed by atoms with van der Waals surface area (Å²) in [7, 11) is -2.17. The summed E-state index contributed by atoms with van der Waals surface area (Å²) in [6.45, 7) is 4.22. The molecule has 0 unspecified atom stereocenters. The summed E-state index contributed by atoms with van der Waals surface area (Å²) in [5.41, 5.74) is -0.0817. The van der Waals surface area contributed by atoms with Crippen molar-refractivity contribution in [3.8, 4) is 17.4 Å². The molecular formula is C21H23N5O6S. The number of rotatable bonds is 10. The van der Waals surface area contributed by atoms with Gasteiger partial charge in [0.05, 0.1) is 16.9 Å². The van der Waals surface area contributed by atoms with E-state index in [-0.39, 0.29) is 22.3 Å². The third-order valence-electron chi connectivity index (χ3n) is 4.71. The van der Waals surface area contributed by atoms with Crippen molar-refractivity contribution in [2.75, 3.05) is 25.5 Å². The number of methoxy groups -OCH3 is 1. The average molecular weight is 474 g/mol. The van der Waals surface area contributed by atoms with E-state index in [1.807, 2.05) is 0 Å². The van der Waals surface area contributed by atoms with Crippen LogP contribution in [0.15, 0.2) is 59.8 Å². The molecule has 1 N–H and O–H groups in total. The molecule has 1 heterocycles. The molecule has 0 amide bonds. The van der Waals surface area contributed by atoms with Crippen molar-refractivity contribution in [3.63, 3.8) is 0 Å². The van der Waals surface area contributed by atoms with E-state index in [0.29, 0.717) is 24.5 Å². The lowest BCUT2D eigenvalue weighted by Crippen LogP contribution is -2.30. The lowest BCUT2D eigenvalue weighted by atomic mass is 10.3. The van der Waals surface area contributed by atoms with Gasteiger partial charge in [0.2, 0.25) is 15.8 Å². The van der Waals surface area contributed by atoms with E-state index in [0.717, 1.165) is 6.33 Å². The van der Waals surface area contributed by atoms with E-state index < -0.39 is 20.6 Å². The van der Waals surface area contributed by atoms with Crippen LogP contribution in [0.5, 0.6) is 17.4 Å². The van der Waals surface area contributed by atoms with Crippen molar-refractivity contribution in [2.45, 2.75) is 18.7 Å². The van der Waals surface area contributed by atoms with Crippen LogP contribution in [-0.2, 0) is 10.0 Å². The second-order valence-corrected chi connectivity index (χ2v) is 8.56. The maximum absolute atomic E-state index is 12.6. The third kappa shape index (κ3) is 5.18. The SMILES string of the molecule is CCN(CC)S(=O)(=O)c1ccc(Nc2ncnc(Oc3ccccc3OC)c2[N+](=O)[O-])cc1. The summed E-state index contributed by atoms with van der Waals surface area (Å²) in [6, 6.07) is 12.5. The third-order valence-corrected chi connectivity index (χ3v) is 6.77. The molecule has 2 aromatic carbocycles. The maximum atomic E-state index is 12.6. The Morgan fingerprint density at radius 3 is 2.24 bits per heavy atom. The second-order valence-electron chi connectivity index (χ2n) is 6.62. The standard InChI is InChI=1S/C21H23N5O6S/c1-4-25(5-2)33(29,30)16-12-10-15(11-13-16)24-20-19(26(27)28)21(23-14-22-20)32-18-9-7-6-8-17(18)31-3/h6-14H,4-5H2,1-3H3,(H,22,23,24). The Morgan fingerprint density at radius 1 is 1.03 bits per heavy atom. The number of nitrogens with one attached hydrogen (secondary N) is 1. The monoisotopic (exact) mass is 473 g/mol. The maximum Gasteiger partial charge on any atom is 0.373 e. The van der Waals surface area contributed by atoms with Crippen LogP contribution in [0.3, 0.4) is 0 Å². The highest BCUT2D eigenvalue weighted by Gasteiger charge is 2.26. The second kappa shape index (κ2) is 10.2. The van der Waals surface area contributed by atoms with Gasteiger partial charge < -0.3 is 14.8 Å². The average Bonchev–Trinajstić information content (AvgIpc) is 2.80. The van der Waals surface area contributed by atoms with Gasteiger partial charge in [-0.15, -0.1) is 0 Å². The molecule has 0 saturated heterocycles. The Bertz CT molecular complexity index is 1230.